The van der Waals surface area contributed by atoms with Gasteiger partial charge in [0.25, 0.3) is 0 Å². The number of aliphatic hydroxyl groups is 1. The number of hydrogen-bond acceptors (Lipinski definition) is 4. The van der Waals surface area contributed by atoms with Crippen molar-refractivity contribution in [1.29, 1.82) is 0 Å². The van der Waals surface area contributed by atoms with E-state index in [9.17, 15) is 5.11 Å². The van der Waals surface area contributed by atoms with E-state index in [1.807, 2.05) is 0 Å². The fraction of sp³-hybridized carbons (Fsp3) is 1.00. The summed E-state index contributed by atoms with van der Waals surface area (Å²) in [6, 6.07) is 0.560. The van der Waals surface area contributed by atoms with Gasteiger partial charge in [-0.15, -0.1) is 0 Å². The lowest BCUT2D eigenvalue weighted by Gasteiger charge is -2.26. The number of nitrogens with one attached hydrogen (secondary N) is 1. The van der Waals surface area contributed by atoms with Crippen molar-refractivity contribution in [2.75, 3.05) is 26.4 Å². The molecule has 4 unspecified atom stereocenters. The van der Waals surface area contributed by atoms with Crippen LogP contribution in [0.2, 0.25) is 0 Å². The summed E-state index contributed by atoms with van der Waals surface area (Å²) in [5.74, 6) is 0.600. The van der Waals surface area contributed by atoms with E-state index in [1.165, 1.54) is 0 Å². The fourth-order valence-electron chi connectivity index (χ4n) is 2.43. The second kappa shape index (κ2) is 5.25. The standard InChI is InChI=1S/C11H21NO3/c1-2-9(8-3-4-14-5-8)12-10-6-15-7-11(10)13/h8-13H,2-7H2,1H3. The van der Waals surface area contributed by atoms with Gasteiger partial charge in [0, 0.05) is 12.6 Å². The highest BCUT2D eigenvalue weighted by Gasteiger charge is 2.31. The Morgan fingerprint density at radius 2 is 2.20 bits per heavy atom. The van der Waals surface area contributed by atoms with E-state index < -0.39 is 0 Å². The van der Waals surface area contributed by atoms with Crippen molar-refractivity contribution in [3.05, 3.63) is 0 Å². The Morgan fingerprint density at radius 1 is 1.33 bits per heavy atom. The largest absolute Gasteiger partial charge is 0.389 e. The van der Waals surface area contributed by atoms with Crippen LogP contribution in [-0.2, 0) is 9.47 Å². The van der Waals surface area contributed by atoms with E-state index in [1.54, 1.807) is 0 Å². The molecule has 0 aromatic carbocycles. The normalized spacial score (nSPS) is 38.4. The molecule has 0 aromatic rings. The minimum atomic E-state index is -0.346. The molecular formula is C11H21NO3. The lowest BCUT2D eigenvalue weighted by Crippen LogP contribution is -2.48. The zero-order valence-corrected chi connectivity index (χ0v) is 9.32. The molecule has 88 valence electrons. The summed E-state index contributed by atoms with van der Waals surface area (Å²) in [6.07, 6.45) is 1.87. The molecule has 4 atom stereocenters. The minimum absolute atomic E-state index is 0.107. The molecule has 2 saturated heterocycles. The van der Waals surface area contributed by atoms with Gasteiger partial charge in [0.15, 0.2) is 0 Å². The number of aliphatic hydroxyl groups excluding tert-OH is 1. The molecule has 2 aliphatic rings. The molecule has 4 nitrogen and oxygen atoms in total. The first-order valence-corrected chi connectivity index (χ1v) is 5.91. The van der Waals surface area contributed by atoms with Crippen LogP contribution in [-0.4, -0.2) is 49.7 Å². The van der Waals surface area contributed by atoms with Crippen molar-refractivity contribution in [2.45, 2.75) is 38.0 Å². The van der Waals surface area contributed by atoms with Gasteiger partial charge in [-0.3, -0.25) is 0 Å². The molecule has 0 amide bonds. The summed E-state index contributed by atoms with van der Waals surface area (Å²) in [4.78, 5) is 0. The predicted molar refractivity (Wildman–Crippen MR) is 56.8 cm³/mol. The summed E-state index contributed by atoms with van der Waals surface area (Å²) in [5, 5.41) is 13.2. The molecule has 15 heavy (non-hydrogen) atoms. The first-order chi connectivity index (χ1) is 7.31. The van der Waals surface area contributed by atoms with Gasteiger partial charge in [0.2, 0.25) is 0 Å². The molecule has 4 heteroatoms. The van der Waals surface area contributed by atoms with Gasteiger partial charge in [-0.2, -0.15) is 0 Å². The van der Waals surface area contributed by atoms with Crippen molar-refractivity contribution < 1.29 is 14.6 Å². The van der Waals surface area contributed by atoms with Crippen LogP contribution in [0.15, 0.2) is 0 Å². The van der Waals surface area contributed by atoms with Crippen LogP contribution in [0.3, 0.4) is 0 Å². The van der Waals surface area contributed by atoms with Gasteiger partial charge in [0.05, 0.1) is 32.0 Å². The Labute approximate surface area is 90.9 Å². The van der Waals surface area contributed by atoms with E-state index in [-0.39, 0.29) is 12.1 Å². The molecular weight excluding hydrogens is 194 g/mol. The van der Waals surface area contributed by atoms with Crippen molar-refractivity contribution in [3.63, 3.8) is 0 Å². The Kier molecular flexibility index (Phi) is 3.97. The summed E-state index contributed by atoms with van der Waals surface area (Å²) < 4.78 is 10.6. The molecule has 0 aliphatic carbocycles. The van der Waals surface area contributed by atoms with E-state index >= 15 is 0 Å². The summed E-state index contributed by atoms with van der Waals surface area (Å²) in [6.45, 7) is 5.01. The third kappa shape index (κ3) is 2.69. The van der Waals surface area contributed by atoms with Crippen LogP contribution in [0.5, 0.6) is 0 Å². The number of hydrogen-bond donors (Lipinski definition) is 2. The zero-order valence-electron chi connectivity index (χ0n) is 9.32. The summed E-state index contributed by atoms with van der Waals surface area (Å²) in [5.41, 5.74) is 0. The molecule has 2 heterocycles. The Balaban J connectivity index is 1.84. The van der Waals surface area contributed by atoms with Crippen LogP contribution >= 0.6 is 0 Å². The Bertz CT molecular complexity index is 194. The second-order valence-electron chi connectivity index (χ2n) is 4.52. The van der Waals surface area contributed by atoms with E-state index in [4.69, 9.17) is 9.47 Å². The first-order valence-electron chi connectivity index (χ1n) is 5.91. The van der Waals surface area contributed by atoms with Crippen molar-refractivity contribution in [1.82, 2.24) is 5.32 Å². The van der Waals surface area contributed by atoms with E-state index in [2.05, 4.69) is 12.2 Å². The topological polar surface area (TPSA) is 50.7 Å². The monoisotopic (exact) mass is 215 g/mol. The maximum Gasteiger partial charge on any atom is 0.0948 e. The van der Waals surface area contributed by atoms with Gasteiger partial charge in [0.1, 0.15) is 0 Å². The lowest BCUT2D eigenvalue weighted by atomic mass is 9.95. The van der Waals surface area contributed by atoms with Crippen LogP contribution in [0.4, 0.5) is 0 Å². The molecule has 2 N–H and O–H groups in total. The van der Waals surface area contributed by atoms with Gasteiger partial charge in [-0.05, 0) is 18.8 Å². The van der Waals surface area contributed by atoms with Crippen LogP contribution in [0, 0.1) is 5.92 Å². The fourth-order valence-corrected chi connectivity index (χ4v) is 2.43. The molecule has 2 fully saturated rings. The van der Waals surface area contributed by atoms with E-state index in [0.717, 1.165) is 26.1 Å². The summed E-state index contributed by atoms with van der Waals surface area (Å²) >= 11 is 0. The first kappa shape index (κ1) is 11.3. The number of rotatable bonds is 4. The average molecular weight is 215 g/mol. The maximum atomic E-state index is 9.66. The minimum Gasteiger partial charge on any atom is -0.389 e. The smallest absolute Gasteiger partial charge is 0.0948 e. The van der Waals surface area contributed by atoms with Crippen LogP contribution in [0.25, 0.3) is 0 Å². The van der Waals surface area contributed by atoms with Crippen molar-refractivity contribution >= 4 is 0 Å². The molecule has 0 aromatic heterocycles. The van der Waals surface area contributed by atoms with Crippen molar-refractivity contribution in [3.8, 4) is 0 Å². The van der Waals surface area contributed by atoms with Gasteiger partial charge in [-0.25, -0.2) is 0 Å². The van der Waals surface area contributed by atoms with Gasteiger partial charge < -0.3 is 19.9 Å². The van der Waals surface area contributed by atoms with Crippen LogP contribution < -0.4 is 5.32 Å². The molecule has 0 spiro atoms. The van der Waals surface area contributed by atoms with E-state index in [0.29, 0.717) is 25.2 Å². The Hall–Kier alpha value is -0.160. The average Bonchev–Trinajstić information content (AvgIpc) is 2.86. The number of ether oxygens (including phenoxy) is 2. The quantitative estimate of drug-likeness (QED) is 0.701. The molecule has 0 saturated carbocycles. The summed E-state index contributed by atoms with van der Waals surface area (Å²) in [7, 11) is 0. The predicted octanol–water partition coefficient (Wildman–Crippen LogP) is 0.151. The third-order valence-electron chi connectivity index (χ3n) is 3.45. The highest BCUT2D eigenvalue weighted by molar-refractivity contribution is 4.87. The highest BCUT2D eigenvalue weighted by Crippen LogP contribution is 2.20. The third-order valence-corrected chi connectivity index (χ3v) is 3.45. The zero-order chi connectivity index (χ0) is 10.7. The second-order valence-corrected chi connectivity index (χ2v) is 4.52. The molecule has 0 radical (unpaired) electrons. The lowest BCUT2D eigenvalue weighted by molar-refractivity contribution is 0.118. The Morgan fingerprint density at radius 3 is 2.73 bits per heavy atom. The maximum absolute atomic E-state index is 9.66. The molecule has 2 aliphatic heterocycles. The van der Waals surface area contributed by atoms with Crippen LogP contribution in [0.1, 0.15) is 19.8 Å². The van der Waals surface area contributed by atoms with Crippen molar-refractivity contribution in [2.24, 2.45) is 5.92 Å². The highest BCUT2D eigenvalue weighted by atomic mass is 16.5. The van der Waals surface area contributed by atoms with Gasteiger partial charge >= 0.3 is 0 Å². The molecule has 2 rings (SSSR count). The molecule has 0 bridgehead atoms. The SMILES string of the molecule is CCC(NC1COCC1O)C1CCOC1. The van der Waals surface area contributed by atoms with Gasteiger partial charge in [-0.1, -0.05) is 6.92 Å².